The molecule has 1 aromatic heterocycles. The number of amides is 1. The summed E-state index contributed by atoms with van der Waals surface area (Å²) in [5.41, 5.74) is 0. The maximum absolute atomic E-state index is 12.0. The minimum Gasteiger partial charge on any atom is -0.300 e. The summed E-state index contributed by atoms with van der Waals surface area (Å²) in [5, 5.41) is 11.4. The summed E-state index contributed by atoms with van der Waals surface area (Å²) >= 11 is 2.99. The number of nitrogens with one attached hydrogen (secondary N) is 1. The van der Waals surface area contributed by atoms with Crippen molar-refractivity contribution in [2.24, 2.45) is 11.8 Å². The molecule has 1 unspecified atom stereocenters. The summed E-state index contributed by atoms with van der Waals surface area (Å²) in [6, 6.07) is 0. The lowest BCUT2D eigenvalue weighted by Gasteiger charge is -2.30. The van der Waals surface area contributed by atoms with E-state index in [1.807, 2.05) is 13.0 Å². The number of rotatable bonds is 6. The lowest BCUT2D eigenvalue weighted by molar-refractivity contribution is -0.121. The fourth-order valence-electron chi connectivity index (χ4n) is 1.82. The molecule has 1 aliphatic rings. The van der Waals surface area contributed by atoms with Crippen molar-refractivity contribution in [1.29, 1.82) is 0 Å². The van der Waals surface area contributed by atoms with Crippen molar-refractivity contribution in [3.05, 3.63) is 12.7 Å². The van der Waals surface area contributed by atoms with Gasteiger partial charge in [-0.05, 0) is 18.8 Å². The van der Waals surface area contributed by atoms with Crippen molar-refractivity contribution >= 4 is 34.1 Å². The first kappa shape index (κ1) is 13.5. The topological polar surface area (TPSA) is 54.9 Å². The molecule has 98 valence electrons. The molecule has 0 aromatic carbocycles. The van der Waals surface area contributed by atoms with Crippen LogP contribution in [-0.2, 0) is 4.79 Å². The van der Waals surface area contributed by atoms with E-state index in [9.17, 15) is 4.79 Å². The number of carbonyl (C=O) groups excluding carboxylic acids is 1. The first-order chi connectivity index (χ1) is 8.70. The van der Waals surface area contributed by atoms with Gasteiger partial charge in [0.05, 0.1) is 0 Å². The predicted octanol–water partition coefficient (Wildman–Crippen LogP) is 3.19. The van der Waals surface area contributed by atoms with E-state index in [2.05, 4.69) is 22.1 Å². The Kier molecular flexibility index (Phi) is 4.77. The SMILES string of the molecule is C=CCSc1nnc(NC(=O)C(C)C2CCC2)s1. The highest BCUT2D eigenvalue weighted by Gasteiger charge is 2.29. The van der Waals surface area contributed by atoms with Gasteiger partial charge in [0, 0.05) is 11.7 Å². The van der Waals surface area contributed by atoms with Gasteiger partial charge in [-0.15, -0.1) is 16.8 Å². The maximum atomic E-state index is 12.0. The minimum absolute atomic E-state index is 0.0659. The molecule has 1 amide bonds. The molecular formula is C12H17N3OS2. The number of hydrogen-bond donors (Lipinski definition) is 1. The van der Waals surface area contributed by atoms with Gasteiger partial charge >= 0.3 is 0 Å². The van der Waals surface area contributed by atoms with E-state index in [0.29, 0.717) is 11.0 Å². The minimum atomic E-state index is 0.0659. The predicted molar refractivity (Wildman–Crippen MR) is 76.0 cm³/mol. The van der Waals surface area contributed by atoms with Gasteiger partial charge in [-0.1, -0.05) is 42.5 Å². The van der Waals surface area contributed by atoms with Gasteiger partial charge in [0.1, 0.15) is 0 Å². The van der Waals surface area contributed by atoms with Crippen LogP contribution in [0, 0.1) is 11.8 Å². The second kappa shape index (κ2) is 6.33. The van der Waals surface area contributed by atoms with Crippen LogP contribution in [-0.4, -0.2) is 21.9 Å². The number of anilines is 1. The first-order valence-electron chi connectivity index (χ1n) is 6.08. The van der Waals surface area contributed by atoms with Gasteiger partial charge in [-0.3, -0.25) is 4.79 Å². The molecule has 2 rings (SSSR count). The van der Waals surface area contributed by atoms with Crippen molar-refractivity contribution in [2.45, 2.75) is 30.5 Å². The smallest absolute Gasteiger partial charge is 0.229 e. The largest absolute Gasteiger partial charge is 0.300 e. The number of nitrogens with zero attached hydrogens (tertiary/aromatic N) is 2. The molecule has 1 aliphatic carbocycles. The van der Waals surface area contributed by atoms with Crippen LogP contribution in [0.2, 0.25) is 0 Å². The van der Waals surface area contributed by atoms with E-state index in [1.54, 1.807) is 11.8 Å². The van der Waals surface area contributed by atoms with Crippen molar-refractivity contribution in [1.82, 2.24) is 10.2 Å². The average molecular weight is 283 g/mol. The lowest BCUT2D eigenvalue weighted by Crippen LogP contribution is -2.30. The molecular weight excluding hydrogens is 266 g/mol. The summed E-state index contributed by atoms with van der Waals surface area (Å²) in [4.78, 5) is 12.0. The third-order valence-corrected chi connectivity index (χ3v) is 5.20. The quantitative estimate of drug-likeness (QED) is 0.495. The van der Waals surface area contributed by atoms with Gasteiger partial charge < -0.3 is 5.32 Å². The van der Waals surface area contributed by atoms with Crippen molar-refractivity contribution < 1.29 is 4.79 Å². The van der Waals surface area contributed by atoms with Gasteiger partial charge in [0.2, 0.25) is 11.0 Å². The second-order valence-corrected chi connectivity index (χ2v) is 6.69. The Hall–Kier alpha value is -0.880. The van der Waals surface area contributed by atoms with Crippen LogP contribution < -0.4 is 5.32 Å². The molecule has 4 nitrogen and oxygen atoms in total. The summed E-state index contributed by atoms with van der Waals surface area (Å²) < 4.78 is 0.862. The Balaban J connectivity index is 1.86. The van der Waals surface area contributed by atoms with Crippen LogP contribution in [0.25, 0.3) is 0 Å². The third-order valence-electron chi connectivity index (χ3n) is 3.23. The van der Waals surface area contributed by atoms with Crippen LogP contribution in [0.4, 0.5) is 5.13 Å². The zero-order chi connectivity index (χ0) is 13.0. The summed E-state index contributed by atoms with van der Waals surface area (Å²) in [6.45, 7) is 5.65. The molecule has 18 heavy (non-hydrogen) atoms. The van der Waals surface area contributed by atoms with Crippen molar-refractivity contribution in [3.63, 3.8) is 0 Å². The standard InChI is InChI=1S/C12H17N3OS2/c1-3-7-17-12-15-14-11(18-12)13-10(16)8(2)9-5-4-6-9/h3,8-9H,1,4-7H2,2H3,(H,13,14,16). The molecule has 1 fully saturated rings. The fourth-order valence-corrected chi connectivity index (χ4v) is 3.34. The van der Waals surface area contributed by atoms with E-state index in [1.165, 1.54) is 30.6 Å². The number of carbonyl (C=O) groups is 1. The van der Waals surface area contributed by atoms with Crippen molar-refractivity contribution in [2.75, 3.05) is 11.1 Å². The first-order valence-corrected chi connectivity index (χ1v) is 7.89. The van der Waals surface area contributed by atoms with E-state index in [0.717, 1.165) is 10.1 Å². The summed E-state index contributed by atoms with van der Waals surface area (Å²) in [6.07, 6.45) is 5.42. The molecule has 0 radical (unpaired) electrons. The molecule has 1 N–H and O–H groups in total. The molecule has 0 bridgehead atoms. The van der Waals surface area contributed by atoms with Crippen LogP contribution in [0.15, 0.2) is 17.0 Å². The highest BCUT2D eigenvalue weighted by molar-refractivity contribution is 8.01. The molecule has 6 heteroatoms. The van der Waals surface area contributed by atoms with Gasteiger partial charge in [-0.2, -0.15) is 0 Å². The molecule has 0 aliphatic heterocycles. The molecule has 1 aromatic rings. The molecule has 1 heterocycles. The maximum Gasteiger partial charge on any atom is 0.229 e. The zero-order valence-electron chi connectivity index (χ0n) is 10.4. The average Bonchev–Trinajstić information content (AvgIpc) is 2.71. The van der Waals surface area contributed by atoms with E-state index in [4.69, 9.17) is 0 Å². The Bertz CT molecular complexity index is 429. The van der Waals surface area contributed by atoms with Crippen LogP contribution in [0.5, 0.6) is 0 Å². The van der Waals surface area contributed by atoms with Gasteiger partial charge in [-0.25, -0.2) is 0 Å². The highest BCUT2D eigenvalue weighted by Crippen LogP contribution is 2.34. The Morgan fingerprint density at radius 2 is 2.44 bits per heavy atom. The third kappa shape index (κ3) is 3.32. The zero-order valence-corrected chi connectivity index (χ0v) is 12.0. The Morgan fingerprint density at radius 3 is 3.06 bits per heavy atom. The monoisotopic (exact) mass is 283 g/mol. The Labute approximate surface area is 115 Å². The normalized spacial score (nSPS) is 16.9. The summed E-state index contributed by atoms with van der Waals surface area (Å²) in [7, 11) is 0. The van der Waals surface area contributed by atoms with Crippen LogP contribution in [0.3, 0.4) is 0 Å². The fraction of sp³-hybridized carbons (Fsp3) is 0.583. The van der Waals surface area contributed by atoms with Crippen LogP contribution in [0.1, 0.15) is 26.2 Å². The molecule has 0 saturated heterocycles. The van der Waals surface area contributed by atoms with Crippen LogP contribution >= 0.6 is 23.1 Å². The van der Waals surface area contributed by atoms with Gasteiger partial charge in [0.15, 0.2) is 4.34 Å². The number of thioether (sulfide) groups is 1. The molecule has 0 spiro atoms. The molecule has 1 saturated carbocycles. The van der Waals surface area contributed by atoms with E-state index < -0.39 is 0 Å². The van der Waals surface area contributed by atoms with Crippen molar-refractivity contribution in [3.8, 4) is 0 Å². The van der Waals surface area contributed by atoms with E-state index in [-0.39, 0.29) is 11.8 Å². The van der Waals surface area contributed by atoms with E-state index >= 15 is 0 Å². The highest BCUT2D eigenvalue weighted by atomic mass is 32.2. The number of hydrogen-bond acceptors (Lipinski definition) is 5. The summed E-state index contributed by atoms with van der Waals surface area (Å²) in [5.74, 6) is 1.50. The van der Waals surface area contributed by atoms with Gasteiger partial charge in [0.25, 0.3) is 0 Å². The molecule has 1 atom stereocenters. The Morgan fingerprint density at radius 1 is 1.67 bits per heavy atom. The second-order valence-electron chi connectivity index (χ2n) is 4.44. The number of aromatic nitrogens is 2. The lowest BCUT2D eigenvalue weighted by atomic mass is 9.76.